The molecule has 4 heteroatoms. The monoisotopic (exact) mass is 329 g/mol. The number of carbonyl (C=O) groups excluding carboxylic acids is 2. The maximum atomic E-state index is 12.8. The molecule has 0 aliphatic carbocycles. The summed E-state index contributed by atoms with van der Waals surface area (Å²) in [7, 11) is 0. The lowest BCUT2D eigenvalue weighted by Crippen LogP contribution is -2.38. The number of amides is 2. The summed E-state index contributed by atoms with van der Waals surface area (Å²) in [6, 6.07) is 10.3. The van der Waals surface area contributed by atoms with Gasteiger partial charge in [0.15, 0.2) is 0 Å². The van der Waals surface area contributed by atoms with Gasteiger partial charge in [-0.15, -0.1) is 0 Å². The van der Waals surface area contributed by atoms with Crippen molar-refractivity contribution >= 4 is 11.8 Å². The molecule has 0 spiro atoms. The zero-order valence-corrected chi connectivity index (χ0v) is 14.8. The summed E-state index contributed by atoms with van der Waals surface area (Å²) in [6.45, 7) is 6.68. The van der Waals surface area contributed by atoms with Crippen LogP contribution in [0.5, 0.6) is 0 Å². The van der Waals surface area contributed by atoms with Crippen molar-refractivity contribution in [1.29, 1.82) is 0 Å². The number of unbranched alkanes of at least 4 members (excludes halogenated alkanes) is 1. The number of fused-ring (bicyclic) bond motifs is 1. The normalized spacial score (nSPS) is 30.7. The molecule has 1 aromatic carbocycles. The third kappa shape index (κ3) is 3.00. The Labute approximate surface area is 144 Å². The second-order valence-corrected chi connectivity index (χ2v) is 7.21. The molecular formula is C20H27NO3. The van der Waals surface area contributed by atoms with Gasteiger partial charge in [-0.2, -0.15) is 0 Å². The van der Waals surface area contributed by atoms with Gasteiger partial charge in [0.2, 0.25) is 11.8 Å². The minimum atomic E-state index is -0.303. The largest absolute Gasteiger partial charge is 0.373 e. The summed E-state index contributed by atoms with van der Waals surface area (Å²) in [5.41, 5.74) is 1.24. The summed E-state index contributed by atoms with van der Waals surface area (Å²) in [6.07, 6.45) is 2.36. The third-order valence-electron chi connectivity index (χ3n) is 5.42. The molecule has 0 bridgehead atoms. The lowest BCUT2D eigenvalue weighted by atomic mass is 9.83. The van der Waals surface area contributed by atoms with Crippen LogP contribution in [0.1, 0.15) is 39.2 Å². The first-order chi connectivity index (χ1) is 11.5. The lowest BCUT2D eigenvalue weighted by molar-refractivity contribution is -0.144. The second-order valence-electron chi connectivity index (χ2n) is 7.21. The van der Waals surface area contributed by atoms with Crippen LogP contribution >= 0.6 is 0 Å². The molecule has 2 saturated heterocycles. The molecule has 1 aromatic rings. The summed E-state index contributed by atoms with van der Waals surface area (Å²) in [5.74, 6) is -0.443. The van der Waals surface area contributed by atoms with E-state index >= 15 is 0 Å². The van der Waals surface area contributed by atoms with Gasteiger partial charge in [-0.05, 0) is 31.2 Å². The number of ether oxygens (including phenoxy) is 1. The topological polar surface area (TPSA) is 46.6 Å². The van der Waals surface area contributed by atoms with E-state index in [1.54, 1.807) is 0 Å². The predicted octanol–water partition coefficient (Wildman–Crippen LogP) is 3.05. The van der Waals surface area contributed by atoms with Crippen molar-refractivity contribution in [3.63, 3.8) is 0 Å². The van der Waals surface area contributed by atoms with Crippen molar-refractivity contribution in [1.82, 2.24) is 4.90 Å². The number of hydrogen-bond donors (Lipinski definition) is 0. The Morgan fingerprint density at radius 2 is 1.79 bits per heavy atom. The number of imide groups is 1. The van der Waals surface area contributed by atoms with Crippen LogP contribution in [0.2, 0.25) is 0 Å². The first-order valence-corrected chi connectivity index (χ1v) is 9.09. The summed E-state index contributed by atoms with van der Waals surface area (Å²) >= 11 is 0. The number of rotatable bonds is 6. The average molecular weight is 329 g/mol. The zero-order valence-electron chi connectivity index (χ0n) is 14.8. The van der Waals surface area contributed by atoms with Gasteiger partial charge in [0.1, 0.15) is 0 Å². The molecule has 2 heterocycles. The van der Waals surface area contributed by atoms with E-state index in [0.717, 1.165) is 19.3 Å². The van der Waals surface area contributed by atoms with Gasteiger partial charge >= 0.3 is 0 Å². The Morgan fingerprint density at radius 3 is 2.46 bits per heavy atom. The SMILES string of the molecule is CCCCN1C(=O)C2C(C)OC(C(C)Cc3ccccc3)C2C1=O. The van der Waals surface area contributed by atoms with Crippen LogP contribution in [0, 0.1) is 17.8 Å². The Balaban J connectivity index is 1.76. The molecule has 2 aliphatic rings. The van der Waals surface area contributed by atoms with Crippen LogP contribution in [0.4, 0.5) is 0 Å². The number of benzene rings is 1. The number of nitrogens with zero attached hydrogens (tertiary/aromatic N) is 1. The van der Waals surface area contributed by atoms with Crippen LogP contribution in [-0.4, -0.2) is 35.5 Å². The molecule has 5 unspecified atom stereocenters. The molecule has 2 amide bonds. The highest BCUT2D eigenvalue weighted by Crippen LogP contribution is 2.43. The van der Waals surface area contributed by atoms with Crippen molar-refractivity contribution in [2.24, 2.45) is 17.8 Å². The summed E-state index contributed by atoms with van der Waals surface area (Å²) < 4.78 is 6.09. The Kier molecular flexibility index (Phi) is 5.04. The van der Waals surface area contributed by atoms with Gasteiger partial charge in [0, 0.05) is 6.54 Å². The summed E-state index contributed by atoms with van der Waals surface area (Å²) in [5, 5.41) is 0. The molecular weight excluding hydrogens is 302 g/mol. The second kappa shape index (κ2) is 7.06. The maximum Gasteiger partial charge on any atom is 0.235 e. The van der Waals surface area contributed by atoms with E-state index in [-0.39, 0.29) is 41.8 Å². The fourth-order valence-corrected chi connectivity index (χ4v) is 4.16. The predicted molar refractivity (Wildman–Crippen MR) is 92.3 cm³/mol. The average Bonchev–Trinajstić information content (AvgIpc) is 3.04. The van der Waals surface area contributed by atoms with E-state index in [1.807, 2.05) is 25.1 Å². The van der Waals surface area contributed by atoms with Gasteiger partial charge in [0.05, 0.1) is 24.0 Å². The van der Waals surface area contributed by atoms with Crippen molar-refractivity contribution in [2.45, 2.75) is 52.2 Å². The maximum absolute atomic E-state index is 12.8. The van der Waals surface area contributed by atoms with Gasteiger partial charge in [-0.25, -0.2) is 0 Å². The van der Waals surface area contributed by atoms with Gasteiger partial charge in [-0.1, -0.05) is 50.6 Å². The molecule has 0 N–H and O–H groups in total. The Morgan fingerprint density at radius 1 is 1.12 bits per heavy atom. The molecule has 0 radical (unpaired) electrons. The fraction of sp³-hybridized carbons (Fsp3) is 0.600. The van der Waals surface area contributed by atoms with E-state index in [4.69, 9.17) is 4.74 Å². The van der Waals surface area contributed by atoms with Crippen LogP contribution in [0.25, 0.3) is 0 Å². The first kappa shape index (κ1) is 17.2. The molecule has 24 heavy (non-hydrogen) atoms. The number of likely N-dealkylation sites (tertiary alicyclic amines) is 1. The fourth-order valence-electron chi connectivity index (χ4n) is 4.16. The first-order valence-electron chi connectivity index (χ1n) is 9.09. The molecule has 4 nitrogen and oxygen atoms in total. The molecule has 0 aromatic heterocycles. The zero-order chi connectivity index (χ0) is 17.3. The number of hydrogen-bond acceptors (Lipinski definition) is 3. The van der Waals surface area contributed by atoms with Crippen molar-refractivity contribution in [3.8, 4) is 0 Å². The van der Waals surface area contributed by atoms with E-state index in [0.29, 0.717) is 6.54 Å². The van der Waals surface area contributed by atoms with E-state index < -0.39 is 0 Å². The van der Waals surface area contributed by atoms with Crippen LogP contribution in [0.3, 0.4) is 0 Å². The lowest BCUT2D eigenvalue weighted by Gasteiger charge is -2.25. The molecule has 0 saturated carbocycles. The quantitative estimate of drug-likeness (QED) is 0.754. The molecule has 3 rings (SSSR count). The molecule has 130 valence electrons. The Hall–Kier alpha value is -1.68. The Bertz CT molecular complexity index is 600. The summed E-state index contributed by atoms with van der Waals surface area (Å²) in [4.78, 5) is 27.0. The molecule has 5 atom stereocenters. The minimum Gasteiger partial charge on any atom is -0.373 e. The van der Waals surface area contributed by atoms with Crippen molar-refractivity contribution < 1.29 is 14.3 Å². The van der Waals surface area contributed by atoms with Gasteiger partial charge in [-0.3, -0.25) is 14.5 Å². The van der Waals surface area contributed by atoms with Gasteiger partial charge < -0.3 is 4.74 Å². The van der Waals surface area contributed by atoms with Crippen molar-refractivity contribution in [3.05, 3.63) is 35.9 Å². The van der Waals surface area contributed by atoms with Crippen LogP contribution in [-0.2, 0) is 20.7 Å². The van der Waals surface area contributed by atoms with Crippen LogP contribution < -0.4 is 0 Å². The highest BCUT2D eigenvalue weighted by molar-refractivity contribution is 6.06. The van der Waals surface area contributed by atoms with Crippen LogP contribution in [0.15, 0.2) is 30.3 Å². The van der Waals surface area contributed by atoms with E-state index in [9.17, 15) is 9.59 Å². The highest BCUT2D eigenvalue weighted by Gasteiger charge is 2.59. The molecule has 2 aliphatic heterocycles. The van der Waals surface area contributed by atoms with Crippen molar-refractivity contribution in [2.75, 3.05) is 6.54 Å². The standard InChI is InChI=1S/C20H27NO3/c1-4-5-11-21-19(22)16-14(3)24-18(17(16)20(21)23)13(2)12-15-9-7-6-8-10-15/h6-10,13-14,16-18H,4-5,11-12H2,1-3H3. The minimum absolute atomic E-state index is 0.0206. The highest BCUT2D eigenvalue weighted by atomic mass is 16.5. The van der Waals surface area contributed by atoms with Gasteiger partial charge in [0.25, 0.3) is 0 Å². The smallest absolute Gasteiger partial charge is 0.235 e. The third-order valence-corrected chi connectivity index (χ3v) is 5.42. The van der Waals surface area contributed by atoms with E-state index in [2.05, 4.69) is 26.0 Å². The number of carbonyl (C=O) groups is 2. The molecule has 2 fully saturated rings. The van der Waals surface area contributed by atoms with E-state index in [1.165, 1.54) is 10.5 Å².